The second-order valence-electron chi connectivity index (χ2n) is 16.1. The Morgan fingerprint density at radius 2 is 1.04 bits per heavy atom. The number of nitrogens with one attached hydrogen (secondary N) is 1. The first-order chi connectivity index (χ1) is 25.0. The normalized spacial score (nSPS) is 14.7. The average molecular weight is 758 g/mol. The molecule has 9 heteroatoms. The van der Waals surface area contributed by atoms with Crippen LogP contribution in [0.25, 0.3) is 0 Å². The van der Waals surface area contributed by atoms with E-state index in [1.54, 1.807) is 6.08 Å². The number of allylic oxidation sites excluding steroid dienone is 3. The topological polar surface area (TPSA) is 105 Å². The maximum Gasteiger partial charge on any atom is 0.472 e. The summed E-state index contributed by atoms with van der Waals surface area (Å²) in [6.07, 6.45) is 41.1. The highest BCUT2D eigenvalue weighted by Crippen LogP contribution is 2.43. The van der Waals surface area contributed by atoms with Crippen LogP contribution in [0.15, 0.2) is 24.3 Å². The summed E-state index contributed by atoms with van der Waals surface area (Å²) in [5.74, 6) is -0.182. The number of likely N-dealkylation sites (N-methyl/N-ethyl adjacent to an activating group) is 1. The molecule has 0 aromatic heterocycles. The third-order valence-electron chi connectivity index (χ3n) is 9.67. The van der Waals surface area contributed by atoms with Gasteiger partial charge in [0, 0.05) is 6.42 Å². The molecule has 0 aliphatic heterocycles. The fourth-order valence-electron chi connectivity index (χ4n) is 6.15. The van der Waals surface area contributed by atoms with E-state index in [4.69, 9.17) is 9.05 Å². The summed E-state index contributed by atoms with van der Waals surface area (Å²) in [4.78, 5) is 23.0. The van der Waals surface area contributed by atoms with E-state index >= 15 is 0 Å². The molecule has 8 nitrogen and oxygen atoms in total. The smallest absolute Gasteiger partial charge is 0.387 e. The number of nitrogens with zero attached hydrogens (tertiary/aromatic N) is 1. The van der Waals surface area contributed by atoms with Crippen LogP contribution < -0.4 is 5.32 Å². The predicted octanol–water partition coefficient (Wildman–Crippen LogP) is 11.7. The van der Waals surface area contributed by atoms with Gasteiger partial charge in [0.2, 0.25) is 5.91 Å². The van der Waals surface area contributed by atoms with Gasteiger partial charge in [0.05, 0.1) is 39.9 Å². The van der Waals surface area contributed by atoms with Crippen LogP contribution in [0.4, 0.5) is 0 Å². The van der Waals surface area contributed by atoms with Crippen molar-refractivity contribution in [2.45, 2.75) is 206 Å². The van der Waals surface area contributed by atoms with Gasteiger partial charge in [-0.05, 0) is 44.9 Å². The molecule has 0 bridgehead atoms. The number of phosphoric acid groups is 1. The largest absolute Gasteiger partial charge is 0.472 e. The van der Waals surface area contributed by atoms with Crippen LogP contribution in [0.3, 0.4) is 0 Å². The Morgan fingerprint density at radius 3 is 1.48 bits per heavy atom. The van der Waals surface area contributed by atoms with Crippen molar-refractivity contribution in [1.29, 1.82) is 0 Å². The van der Waals surface area contributed by atoms with Crippen molar-refractivity contribution >= 4 is 13.7 Å². The molecule has 0 aromatic carbocycles. The molecule has 3 N–H and O–H groups in total. The van der Waals surface area contributed by atoms with Crippen molar-refractivity contribution in [1.82, 2.24) is 5.32 Å². The number of hydrogen-bond acceptors (Lipinski definition) is 5. The number of aliphatic hydroxyl groups excluding tert-OH is 1. The first kappa shape index (κ1) is 51.0. The Morgan fingerprint density at radius 1 is 0.635 bits per heavy atom. The lowest BCUT2D eigenvalue weighted by Crippen LogP contribution is -2.45. The van der Waals surface area contributed by atoms with E-state index < -0.39 is 20.0 Å². The van der Waals surface area contributed by atoms with Crippen molar-refractivity contribution < 1.29 is 32.9 Å². The number of quaternary nitrogens is 1. The van der Waals surface area contributed by atoms with Crippen LogP contribution in [-0.2, 0) is 18.4 Å². The van der Waals surface area contributed by atoms with Gasteiger partial charge in [-0.2, -0.15) is 0 Å². The third-order valence-corrected chi connectivity index (χ3v) is 10.6. The fraction of sp³-hybridized carbons (Fsp3) is 0.884. The zero-order valence-corrected chi connectivity index (χ0v) is 35.7. The van der Waals surface area contributed by atoms with E-state index in [0.29, 0.717) is 17.4 Å². The van der Waals surface area contributed by atoms with Gasteiger partial charge in [-0.3, -0.25) is 13.8 Å². The van der Waals surface area contributed by atoms with Crippen LogP contribution in [0.2, 0.25) is 0 Å². The second kappa shape index (κ2) is 35.7. The summed E-state index contributed by atoms with van der Waals surface area (Å²) in [6, 6.07) is -0.842. The van der Waals surface area contributed by atoms with E-state index in [-0.39, 0.29) is 19.1 Å². The number of rotatable bonds is 39. The lowest BCUT2D eigenvalue weighted by Gasteiger charge is -2.25. The third kappa shape index (κ3) is 37.3. The van der Waals surface area contributed by atoms with Gasteiger partial charge in [0.25, 0.3) is 0 Å². The highest BCUT2D eigenvalue weighted by molar-refractivity contribution is 7.47. The maximum absolute atomic E-state index is 12.8. The molecule has 0 heterocycles. The van der Waals surface area contributed by atoms with Gasteiger partial charge < -0.3 is 19.8 Å². The minimum absolute atomic E-state index is 0.0618. The summed E-state index contributed by atoms with van der Waals surface area (Å²) >= 11 is 0. The van der Waals surface area contributed by atoms with Gasteiger partial charge in [-0.1, -0.05) is 167 Å². The van der Waals surface area contributed by atoms with E-state index in [2.05, 4.69) is 31.3 Å². The zero-order valence-electron chi connectivity index (χ0n) is 34.8. The Bertz CT molecular complexity index is 907. The highest BCUT2D eigenvalue weighted by Gasteiger charge is 2.27. The second-order valence-corrected chi connectivity index (χ2v) is 17.5. The summed E-state index contributed by atoms with van der Waals surface area (Å²) in [6.45, 7) is 4.78. The van der Waals surface area contributed by atoms with E-state index in [1.165, 1.54) is 135 Å². The predicted molar refractivity (Wildman–Crippen MR) is 221 cm³/mol. The molecule has 0 aromatic rings. The molecule has 308 valence electrons. The number of unbranched alkanes of at least 4 members (excludes halogenated alkanes) is 24. The number of hydrogen-bond donors (Lipinski definition) is 3. The lowest BCUT2D eigenvalue weighted by atomic mass is 10.0. The lowest BCUT2D eigenvalue weighted by molar-refractivity contribution is -0.870. The molecule has 0 saturated carbocycles. The quantitative estimate of drug-likeness (QED) is 0.0250. The highest BCUT2D eigenvalue weighted by atomic mass is 31.2. The fourth-order valence-corrected chi connectivity index (χ4v) is 6.89. The maximum atomic E-state index is 12.8. The Hall–Kier alpha value is -1.02. The molecule has 0 rings (SSSR count). The van der Waals surface area contributed by atoms with E-state index in [0.717, 1.165) is 38.5 Å². The van der Waals surface area contributed by atoms with Gasteiger partial charge in [0.15, 0.2) is 0 Å². The number of carbonyl (C=O) groups is 1. The molecule has 0 radical (unpaired) electrons. The van der Waals surface area contributed by atoms with Crippen LogP contribution in [0.5, 0.6) is 0 Å². The standard InChI is InChI=1S/C43H85N2O6P/c1-6-8-10-12-14-16-17-18-19-20-21-22-23-24-25-26-27-29-31-33-35-37-43(47)44-41(40-51-52(48,49)50-39-38-45(3,4)5)42(46)36-34-32-30-28-15-13-11-9-7-2/h20-21,34,36,41-42,46H,6-19,22-33,35,37-40H2,1-5H3,(H-,44,47,48,49)/p+1/b21-20-,36-34+. The molecule has 0 fully saturated rings. The molecule has 52 heavy (non-hydrogen) atoms. The molecular weight excluding hydrogens is 671 g/mol. The molecule has 0 spiro atoms. The monoisotopic (exact) mass is 758 g/mol. The molecule has 3 atom stereocenters. The molecule has 0 saturated heterocycles. The van der Waals surface area contributed by atoms with Crippen molar-refractivity contribution in [3.63, 3.8) is 0 Å². The summed E-state index contributed by atoms with van der Waals surface area (Å²) < 4.78 is 23.5. The van der Waals surface area contributed by atoms with Crippen LogP contribution in [0, 0.1) is 0 Å². The van der Waals surface area contributed by atoms with Crippen molar-refractivity contribution in [2.24, 2.45) is 0 Å². The number of amides is 1. The van der Waals surface area contributed by atoms with E-state index in [9.17, 15) is 19.4 Å². The van der Waals surface area contributed by atoms with Gasteiger partial charge >= 0.3 is 7.82 Å². The van der Waals surface area contributed by atoms with Crippen molar-refractivity contribution in [3.8, 4) is 0 Å². The SMILES string of the molecule is CCCCCCCCC/C=C/C(O)C(COP(=O)(O)OCC[N+](C)(C)C)NC(=O)CCCCCCCCCCC/C=C\CCCCCCCCCC. The average Bonchev–Trinajstić information content (AvgIpc) is 3.09. The van der Waals surface area contributed by atoms with Gasteiger partial charge in [-0.15, -0.1) is 0 Å². The van der Waals surface area contributed by atoms with Crippen LogP contribution in [0.1, 0.15) is 194 Å². The van der Waals surface area contributed by atoms with Gasteiger partial charge in [0.1, 0.15) is 13.2 Å². The minimum Gasteiger partial charge on any atom is -0.387 e. The Balaban J connectivity index is 4.26. The summed E-state index contributed by atoms with van der Waals surface area (Å²) in [5, 5.41) is 13.7. The number of phosphoric ester groups is 1. The summed E-state index contributed by atoms with van der Waals surface area (Å²) in [5.41, 5.74) is 0. The molecule has 1 amide bonds. The van der Waals surface area contributed by atoms with Crippen LogP contribution in [-0.4, -0.2) is 73.4 Å². The molecular formula is C43H86N2O6P+. The van der Waals surface area contributed by atoms with Crippen molar-refractivity contribution in [2.75, 3.05) is 40.9 Å². The number of carbonyl (C=O) groups excluding carboxylic acids is 1. The van der Waals surface area contributed by atoms with Gasteiger partial charge in [-0.25, -0.2) is 4.57 Å². The zero-order chi connectivity index (χ0) is 38.6. The summed E-state index contributed by atoms with van der Waals surface area (Å²) in [7, 11) is 1.57. The molecule has 3 unspecified atom stereocenters. The van der Waals surface area contributed by atoms with E-state index in [1.807, 2.05) is 27.2 Å². The first-order valence-electron chi connectivity index (χ1n) is 21.7. The molecule has 0 aliphatic carbocycles. The Kier molecular flexibility index (Phi) is 35.0. The van der Waals surface area contributed by atoms with Crippen LogP contribution >= 0.6 is 7.82 Å². The number of aliphatic hydroxyl groups is 1. The first-order valence-corrected chi connectivity index (χ1v) is 23.2. The minimum atomic E-state index is -4.33. The van der Waals surface area contributed by atoms with Crippen molar-refractivity contribution in [3.05, 3.63) is 24.3 Å². The molecule has 0 aliphatic rings. The Labute approximate surface area is 322 Å².